The van der Waals surface area contributed by atoms with Crippen molar-refractivity contribution in [1.29, 1.82) is 0 Å². The topological polar surface area (TPSA) is 55.8 Å². The number of aliphatic hydroxyl groups excluding tert-OH is 1. The second kappa shape index (κ2) is 7.31. The highest BCUT2D eigenvalue weighted by atomic mass is 16.6. The molecule has 0 aliphatic rings. The van der Waals surface area contributed by atoms with Gasteiger partial charge in [0.15, 0.2) is 0 Å². The lowest BCUT2D eigenvalue weighted by Crippen LogP contribution is -2.12. The summed E-state index contributed by atoms with van der Waals surface area (Å²) in [5, 5.41) is 8.91. The fraction of sp³-hybridized carbons (Fsp3) is 0.188. The van der Waals surface area contributed by atoms with Gasteiger partial charge in [0.05, 0.1) is 12.2 Å². The van der Waals surface area contributed by atoms with Gasteiger partial charge >= 0.3 is 5.97 Å². The van der Waals surface area contributed by atoms with Gasteiger partial charge in [-0.1, -0.05) is 30.3 Å². The number of esters is 1. The molecule has 0 atom stereocenters. The molecule has 0 amide bonds. The molecule has 0 heterocycles. The van der Waals surface area contributed by atoms with Crippen LogP contribution in [0, 0.1) is 0 Å². The molecule has 1 N–H and O–H groups in total. The highest BCUT2D eigenvalue weighted by Gasteiger charge is 2.05. The van der Waals surface area contributed by atoms with Gasteiger partial charge in [-0.15, -0.1) is 0 Å². The van der Waals surface area contributed by atoms with Crippen molar-refractivity contribution in [2.75, 3.05) is 13.2 Å². The molecule has 0 aliphatic heterocycles. The molecule has 0 aromatic heterocycles. The Balaban J connectivity index is 1.72. The molecule has 2 aromatic rings. The molecular weight excluding hydrogens is 256 g/mol. The second-order valence-corrected chi connectivity index (χ2v) is 4.15. The van der Waals surface area contributed by atoms with Crippen LogP contribution < -0.4 is 4.74 Å². The summed E-state index contributed by atoms with van der Waals surface area (Å²) in [6.45, 7) is 0.488. The van der Waals surface area contributed by atoms with E-state index < -0.39 is 0 Å². The first-order valence-corrected chi connectivity index (χ1v) is 6.34. The first-order chi connectivity index (χ1) is 9.79. The molecule has 0 saturated heterocycles. The summed E-state index contributed by atoms with van der Waals surface area (Å²) in [4.78, 5) is 11.6. The Morgan fingerprint density at radius 3 is 2.30 bits per heavy atom. The van der Waals surface area contributed by atoms with E-state index in [-0.39, 0.29) is 25.8 Å². The highest BCUT2D eigenvalue weighted by molar-refractivity contribution is 5.89. The maximum absolute atomic E-state index is 11.6. The molecular formula is C16H16O4. The minimum Gasteiger partial charge on any atom is -0.490 e. The number of ether oxygens (including phenoxy) is 2. The van der Waals surface area contributed by atoms with Crippen LogP contribution in [0.1, 0.15) is 15.9 Å². The van der Waals surface area contributed by atoms with E-state index >= 15 is 0 Å². The van der Waals surface area contributed by atoms with Crippen LogP contribution in [-0.2, 0) is 11.3 Å². The number of hydrogen-bond acceptors (Lipinski definition) is 4. The van der Waals surface area contributed by atoms with Gasteiger partial charge in [-0.25, -0.2) is 4.79 Å². The minimum atomic E-state index is -0.357. The molecule has 0 bridgehead atoms. The van der Waals surface area contributed by atoms with Gasteiger partial charge in [0.25, 0.3) is 0 Å². The molecule has 4 nitrogen and oxygen atoms in total. The van der Waals surface area contributed by atoms with E-state index in [4.69, 9.17) is 14.6 Å². The van der Waals surface area contributed by atoms with Crippen molar-refractivity contribution in [3.63, 3.8) is 0 Å². The number of carbonyl (C=O) groups is 1. The van der Waals surface area contributed by atoms with Crippen molar-refractivity contribution in [2.24, 2.45) is 0 Å². The molecule has 2 aromatic carbocycles. The Kier molecular flexibility index (Phi) is 5.15. The fourth-order valence-corrected chi connectivity index (χ4v) is 1.64. The van der Waals surface area contributed by atoms with Crippen molar-refractivity contribution in [1.82, 2.24) is 0 Å². The number of carbonyl (C=O) groups excluding carboxylic acids is 1. The monoisotopic (exact) mass is 272 g/mol. The predicted molar refractivity (Wildman–Crippen MR) is 74.6 cm³/mol. The van der Waals surface area contributed by atoms with E-state index in [0.29, 0.717) is 11.3 Å². The molecule has 0 unspecified atom stereocenters. The van der Waals surface area contributed by atoms with Crippen LogP contribution >= 0.6 is 0 Å². The minimum absolute atomic E-state index is 0.00890. The summed E-state index contributed by atoms with van der Waals surface area (Å²) in [5.41, 5.74) is 1.35. The zero-order chi connectivity index (χ0) is 14.2. The lowest BCUT2D eigenvalue weighted by molar-refractivity contribution is 0.0450. The molecule has 0 aliphatic carbocycles. The Hall–Kier alpha value is -2.33. The van der Waals surface area contributed by atoms with Crippen LogP contribution in [0.4, 0.5) is 0 Å². The standard InChI is InChI=1S/C16H16O4/c17-12-13-6-8-15(9-7-13)19-10-11-20-16(18)14-4-2-1-3-5-14/h1-9,17H,10-12H2. The first-order valence-electron chi connectivity index (χ1n) is 6.34. The van der Waals surface area contributed by atoms with Gasteiger partial charge in [0, 0.05) is 0 Å². The molecule has 0 fully saturated rings. The Morgan fingerprint density at radius 2 is 1.65 bits per heavy atom. The van der Waals surface area contributed by atoms with E-state index in [1.807, 2.05) is 6.07 Å². The summed E-state index contributed by atoms with van der Waals surface area (Å²) in [6, 6.07) is 15.9. The van der Waals surface area contributed by atoms with Crippen LogP contribution in [0.5, 0.6) is 5.75 Å². The van der Waals surface area contributed by atoms with E-state index in [9.17, 15) is 4.79 Å². The van der Waals surface area contributed by atoms with Crippen molar-refractivity contribution in [3.8, 4) is 5.75 Å². The Bertz CT molecular complexity index is 534. The molecule has 0 radical (unpaired) electrons. The molecule has 2 rings (SSSR count). The van der Waals surface area contributed by atoms with Crippen LogP contribution in [0.3, 0.4) is 0 Å². The maximum Gasteiger partial charge on any atom is 0.338 e. The zero-order valence-corrected chi connectivity index (χ0v) is 11.0. The van der Waals surface area contributed by atoms with E-state index in [1.165, 1.54) is 0 Å². The van der Waals surface area contributed by atoms with E-state index in [2.05, 4.69) is 0 Å². The summed E-state index contributed by atoms with van der Waals surface area (Å²) >= 11 is 0. The number of hydrogen-bond donors (Lipinski definition) is 1. The smallest absolute Gasteiger partial charge is 0.338 e. The largest absolute Gasteiger partial charge is 0.490 e. The number of rotatable bonds is 6. The number of benzene rings is 2. The summed E-state index contributed by atoms with van der Waals surface area (Å²) in [5.74, 6) is 0.322. The van der Waals surface area contributed by atoms with Gasteiger partial charge in [0.2, 0.25) is 0 Å². The molecule has 20 heavy (non-hydrogen) atoms. The van der Waals surface area contributed by atoms with Crippen molar-refractivity contribution >= 4 is 5.97 Å². The third kappa shape index (κ3) is 4.10. The van der Waals surface area contributed by atoms with Gasteiger partial charge in [0.1, 0.15) is 19.0 Å². The summed E-state index contributed by atoms with van der Waals surface area (Å²) in [6.07, 6.45) is 0. The second-order valence-electron chi connectivity index (χ2n) is 4.15. The third-order valence-electron chi connectivity index (χ3n) is 2.70. The van der Waals surface area contributed by atoms with Gasteiger partial charge in [-0.2, -0.15) is 0 Å². The van der Waals surface area contributed by atoms with Crippen molar-refractivity contribution in [2.45, 2.75) is 6.61 Å². The lowest BCUT2D eigenvalue weighted by Gasteiger charge is -2.07. The quantitative estimate of drug-likeness (QED) is 0.648. The van der Waals surface area contributed by atoms with Crippen molar-refractivity contribution in [3.05, 3.63) is 65.7 Å². The van der Waals surface area contributed by atoms with Gasteiger partial charge in [-0.05, 0) is 29.8 Å². The van der Waals surface area contributed by atoms with Gasteiger partial charge in [-0.3, -0.25) is 0 Å². The predicted octanol–water partition coefficient (Wildman–Crippen LogP) is 2.41. The SMILES string of the molecule is O=C(OCCOc1ccc(CO)cc1)c1ccccc1. The Labute approximate surface area is 117 Å². The van der Waals surface area contributed by atoms with E-state index in [0.717, 1.165) is 5.56 Å². The maximum atomic E-state index is 11.6. The third-order valence-corrected chi connectivity index (χ3v) is 2.70. The van der Waals surface area contributed by atoms with Crippen molar-refractivity contribution < 1.29 is 19.4 Å². The van der Waals surface area contributed by atoms with E-state index in [1.54, 1.807) is 48.5 Å². The molecule has 104 valence electrons. The average molecular weight is 272 g/mol. The number of aliphatic hydroxyl groups is 1. The summed E-state index contributed by atoms with van der Waals surface area (Å²) < 4.78 is 10.5. The highest BCUT2D eigenvalue weighted by Crippen LogP contribution is 2.12. The fourth-order valence-electron chi connectivity index (χ4n) is 1.64. The first kappa shape index (κ1) is 14.1. The van der Waals surface area contributed by atoms with Gasteiger partial charge < -0.3 is 14.6 Å². The average Bonchev–Trinajstić information content (AvgIpc) is 2.53. The van der Waals surface area contributed by atoms with Crippen LogP contribution in [0.2, 0.25) is 0 Å². The Morgan fingerprint density at radius 1 is 0.950 bits per heavy atom. The molecule has 0 spiro atoms. The lowest BCUT2D eigenvalue weighted by atomic mass is 10.2. The van der Waals surface area contributed by atoms with Crippen LogP contribution in [0.25, 0.3) is 0 Å². The van der Waals surface area contributed by atoms with Crippen LogP contribution in [0.15, 0.2) is 54.6 Å². The normalized spacial score (nSPS) is 10.1. The molecule has 4 heteroatoms. The van der Waals surface area contributed by atoms with Crippen LogP contribution in [-0.4, -0.2) is 24.3 Å². The molecule has 0 saturated carbocycles. The zero-order valence-electron chi connectivity index (χ0n) is 11.0. The summed E-state index contributed by atoms with van der Waals surface area (Å²) in [7, 11) is 0.